The molecule has 13 nitrogen and oxygen atoms in total. The zero-order valence-electron chi connectivity index (χ0n) is 19.9. The Kier molecular flexibility index (Phi) is 7.10. The van der Waals surface area contributed by atoms with Crippen molar-refractivity contribution in [1.82, 2.24) is 45.1 Å². The molecule has 0 radical (unpaired) electrons. The van der Waals surface area contributed by atoms with E-state index in [4.69, 9.17) is 4.74 Å². The molecule has 0 aliphatic carbocycles. The number of para-hydroxylation sites is 1. The Morgan fingerprint density at radius 3 is 2.81 bits per heavy atom. The molecule has 1 aliphatic rings. The molecule has 0 spiro atoms. The van der Waals surface area contributed by atoms with Crippen molar-refractivity contribution in [1.29, 1.82) is 0 Å². The van der Waals surface area contributed by atoms with Crippen LogP contribution in [0.25, 0.3) is 11.3 Å². The normalized spacial score (nSPS) is 15.5. The summed E-state index contributed by atoms with van der Waals surface area (Å²) in [5, 5.41) is 29.7. The van der Waals surface area contributed by atoms with Gasteiger partial charge in [-0.1, -0.05) is 23.4 Å². The van der Waals surface area contributed by atoms with Crippen LogP contribution in [-0.4, -0.2) is 75.2 Å². The molecule has 3 aromatic heterocycles. The van der Waals surface area contributed by atoms with Crippen LogP contribution in [-0.2, 0) is 24.5 Å². The first-order valence-electron chi connectivity index (χ1n) is 11.8. The largest absolute Gasteiger partial charge is 0.485 e. The van der Waals surface area contributed by atoms with E-state index >= 15 is 0 Å². The number of piperidine rings is 1. The molecule has 1 saturated heterocycles. The highest BCUT2D eigenvalue weighted by molar-refractivity contribution is 5.88. The number of rotatable bonds is 9. The van der Waals surface area contributed by atoms with E-state index in [1.807, 2.05) is 35.2 Å². The van der Waals surface area contributed by atoms with Crippen LogP contribution in [0.2, 0.25) is 0 Å². The minimum Gasteiger partial charge on any atom is -0.485 e. The fraction of sp³-hybridized carbons (Fsp3) is 0.333. The summed E-state index contributed by atoms with van der Waals surface area (Å²) in [6, 6.07) is 10.9. The molecule has 1 atom stereocenters. The topological polar surface area (TPSA) is 154 Å². The van der Waals surface area contributed by atoms with Gasteiger partial charge in [0.1, 0.15) is 18.0 Å². The van der Waals surface area contributed by atoms with Crippen molar-refractivity contribution in [3.63, 3.8) is 0 Å². The number of nitrogens with zero attached hydrogens (tertiary/aromatic N) is 9. The summed E-state index contributed by atoms with van der Waals surface area (Å²) in [6.45, 7) is 2.02. The molecule has 0 saturated carbocycles. The number of carboxylic acids is 1. The fourth-order valence-corrected chi connectivity index (χ4v) is 4.21. The lowest BCUT2D eigenvalue weighted by Gasteiger charge is -2.32. The first-order valence-corrected chi connectivity index (χ1v) is 11.8. The minimum atomic E-state index is -1.05. The van der Waals surface area contributed by atoms with Gasteiger partial charge in [0.25, 0.3) is 0 Å². The summed E-state index contributed by atoms with van der Waals surface area (Å²) in [7, 11) is 0. The van der Waals surface area contributed by atoms with Gasteiger partial charge >= 0.3 is 5.97 Å². The molecule has 1 aromatic carbocycles. The molecule has 190 valence electrons. The molecule has 4 heterocycles. The second kappa shape index (κ2) is 10.9. The van der Waals surface area contributed by atoms with Gasteiger partial charge < -0.3 is 14.7 Å². The smallest absolute Gasteiger partial charge is 0.337 e. The molecule has 5 rings (SSSR count). The average molecular weight is 504 g/mol. The van der Waals surface area contributed by atoms with E-state index in [9.17, 15) is 14.7 Å². The van der Waals surface area contributed by atoms with Gasteiger partial charge in [0.2, 0.25) is 11.7 Å². The number of amides is 1. The third kappa shape index (κ3) is 6.12. The number of hydrogen-bond donors (Lipinski definition) is 1. The van der Waals surface area contributed by atoms with Gasteiger partial charge in [-0.15, -0.1) is 15.3 Å². The van der Waals surface area contributed by atoms with E-state index in [2.05, 4.69) is 30.7 Å². The second-order valence-corrected chi connectivity index (χ2v) is 8.78. The Morgan fingerprint density at radius 2 is 1.97 bits per heavy atom. The first kappa shape index (κ1) is 24.0. The van der Waals surface area contributed by atoms with Crippen molar-refractivity contribution in [2.75, 3.05) is 13.1 Å². The Labute approximate surface area is 211 Å². The van der Waals surface area contributed by atoms with Gasteiger partial charge in [0.15, 0.2) is 6.61 Å². The number of carbonyl (C=O) groups is 2. The van der Waals surface area contributed by atoms with Crippen molar-refractivity contribution >= 4 is 11.9 Å². The van der Waals surface area contributed by atoms with Crippen LogP contribution in [0.1, 0.15) is 29.0 Å². The summed E-state index contributed by atoms with van der Waals surface area (Å²) < 4.78 is 7.35. The summed E-state index contributed by atoms with van der Waals surface area (Å²) in [6.07, 6.45) is 6.44. The van der Waals surface area contributed by atoms with Crippen molar-refractivity contribution in [2.45, 2.75) is 32.5 Å². The number of likely N-dealkylation sites (tertiary alicyclic amines) is 1. The highest BCUT2D eigenvalue weighted by atomic mass is 16.5. The van der Waals surface area contributed by atoms with E-state index in [0.29, 0.717) is 42.5 Å². The number of aromatic carboxylic acids is 1. The Bertz CT molecular complexity index is 1370. The molecule has 1 aliphatic heterocycles. The number of hydrogen-bond acceptors (Lipinski definition) is 9. The van der Waals surface area contributed by atoms with E-state index in [1.165, 1.54) is 17.1 Å². The number of carbonyl (C=O) groups excluding carboxylic acids is 1. The summed E-state index contributed by atoms with van der Waals surface area (Å²) >= 11 is 0. The van der Waals surface area contributed by atoms with Crippen molar-refractivity contribution < 1.29 is 19.4 Å². The number of carboxylic acid groups (broad SMARTS) is 1. The predicted molar refractivity (Wildman–Crippen MR) is 128 cm³/mol. The summed E-state index contributed by atoms with van der Waals surface area (Å²) in [5.41, 5.74) is 1.22. The van der Waals surface area contributed by atoms with Crippen LogP contribution in [0.5, 0.6) is 5.75 Å². The number of ether oxygens (including phenoxy) is 1. The summed E-state index contributed by atoms with van der Waals surface area (Å²) in [4.78, 5) is 31.2. The monoisotopic (exact) mass is 503 g/mol. The lowest BCUT2D eigenvalue weighted by atomic mass is 9.98. The Hall–Kier alpha value is -4.68. The van der Waals surface area contributed by atoms with Crippen LogP contribution < -0.4 is 4.74 Å². The molecule has 1 unspecified atom stereocenters. The van der Waals surface area contributed by atoms with E-state index in [0.717, 1.165) is 12.8 Å². The molecule has 4 aromatic rings. The lowest BCUT2D eigenvalue weighted by Crippen LogP contribution is -2.42. The van der Waals surface area contributed by atoms with Crippen LogP contribution in [0, 0.1) is 5.92 Å². The Balaban J connectivity index is 1.14. The van der Waals surface area contributed by atoms with E-state index in [1.54, 1.807) is 17.1 Å². The maximum Gasteiger partial charge on any atom is 0.337 e. The number of pyridine rings is 1. The number of aromatic nitrogens is 8. The van der Waals surface area contributed by atoms with Crippen molar-refractivity contribution in [2.24, 2.45) is 5.92 Å². The molecular weight excluding hydrogens is 478 g/mol. The molecular formula is C24H25N9O4. The molecule has 1 N–H and O–H groups in total. The molecule has 13 heteroatoms. The number of benzene rings is 1. The van der Waals surface area contributed by atoms with E-state index in [-0.39, 0.29) is 30.5 Å². The second-order valence-electron chi connectivity index (χ2n) is 8.78. The zero-order valence-corrected chi connectivity index (χ0v) is 19.9. The fourth-order valence-electron chi connectivity index (χ4n) is 4.21. The van der Waals surface area contributed by atoms with Gasteiger partial charge in [0.05, 0.1) is 11.8 Å². The quantitative estimate of drug-likeness (QED) is 0.356. The third-order valence-corrected chi connectivity index (χ3v) is 6.02. The number of tetrazole rings is 1. The Morgan fingerprint density at radius 1 is 1.11 bits per heavy atom. The molecule has 1 amide bonds. The average Bonchev–Trinajstić information content (AvgIpc) is 3.58. The van der Waals surface area contributed by atoms with Crippen LogP contribution in [0.4, 0.5) is 0 Å². The molecule has 1 fully saturated rings. The van der Waals surface area contributed by atoms with Crippen LogP contribution in [0.3, 0.4) is 0 Å². The van der Waals surface area contributed by atoms with Crippen LogP contribution in [0.15, 0.2) is 55.0 Å². The lowest BCUT2D eigenvalue weighted by molar-refractivity contribution is -0.134. The van der Waals surface area contributed by atoms with Crippen molar-refractivity contribution in [3.05, 3.63) is 66.4 Å². The zero-order chi connectivity index (χ0) is 25.6. The standard InChI is InChI=1S/C24H25N9O4/c34-23(15-33-28-22(27-30-33)16-37-20-6-2-1-3-7-20)31-8-4-5-17(12-31)13-32-14-21(26-29-32)18-9-19(24(35)36)11-25-10-18/h1-3,6-7,9-11,14,17H,4-5,8,12-13,15-16H2,(H,35,36). The SMILES string of the molecule is O=C(O)c1cncc(-c2cn(CC3CCCN(C(=O)Cn4nnc(COc5ccccc5)n4)C3)nn2)c1. The van der Waals surface area contributed by atoms with Crippen LogP contribution >= 0.6 is 0 Å². The summed E-state index contributed by atoms with van der Waals surface area (Å²) in [5.74, 6) is 0.188. The highest BCUT2D eigenvalue weighted by Gasteiger charge is 2.25. The van der Waals surface area contributed by atoms with Crippen molar-refractivity contribution in [3.8, 4) is 17.0 Å². The highest BCUT2D eigenvalue weighted by Crippen LogP contribution is 2.21. The minimum absolute atomic E-state index is 0.00541. The maximum absolute atomic E-state index is 12.9. The predicted octanol–water partition coefficient (Wildman–Crippen LogP) is 1.54. The molecule has 0 bridgehead atoms. The van der Waals surface area contributed by atoms with E-state index < -0.39 is 5.97 Å². The maximum atomic E-state index is 12.9. The third-order valence-electron chi connectivity index (χ3n) is 6.02. The molecule has 37 heavy (non-hydrogen) atoms. The van der Waals surface area contributed by atoms with Gasteiger partial charge in [-0.25, -0.2) is 4.79 Å². The van der Waals surface area contributed by atoms with Gasteiger partial charge in [-0.3, -0.25) is 14.5 Å². The first-order chi connectivity index (χ1) is 18.0. The van der Waals surface area contributed by atoms with Gasteiger partial charge in [0, 0.05) is 37.6 Å². The van der Waals surface area contributed by atoms with Gasteiger partial charge in [-0.05, 0) is 42.2 Å². The van der Waals surface area contributed by atoms with Gasteiger partial charge in [-0.2, -0.15) is 4.80 Å².